The molecule has 0 saturated carbocycles. The smallest absolute Gasteiger partial charge is 0.256 e. The maximum atomic E-state index is 12.2. The largest absolute Gasteiger partial charge is 0.305 e. The Balaban J connectivity index is 1.77. The molecule has 2 N–H and O–H groups in total. The maximum Gasteiger partial charge on any atom is 0.256 e. The second kappa shape index (κ2) is 5.85. The Hall–Kier alpha value is -2.88. The van der Waals surface area contributed by atoms with Gasteiger partial charge in [0.05, 0.1) is 5.69 Å². The number of nitrogens with one attached hydrogen (secondary N) is 2. The number of aromatic nitrogens is 2. The van der Waals surface area contributed by atoms with E-state index in [4.69, 9.17) is 0 Å². The van der Waals surface area contributed by atoms with Gasteiger partial charge in [0.15, 0.2) is 5.82 Å². The molecule has 22 heavy (non-hydrogen) atoms. The number of aromatic amines is 1. The third-order valence-corrected chi connectivity index (χ3v) is 3.46. The standard InChI is InChI=1S/C18H17N3O/c1-12-6-8-14(9-7-12)16-11-17(21-20-16)19-18(22)15-5-3-4-13(2)10-15/h3-11H,1-2H3,(H2,19,20,21,22). The van der Waals surface area contributed by atoms with Crippen molar-refractivity contribution in [2.45, 2.75) is 13.8 Å². The van der Waals surface area contributed by atoms with E-state index in [1.54, 1.807) is 6.07 Å². The highest BCUT2D eigenvalue weighted by Gasteiger charge is 2.09. The summed E-state index contributed by atoms with van der Waals surface area (Å²) in [5.74, 6) is 0.354. The molecule has 0 fully saturated rings. The Bertz CT molecular complexity index is 803. The summed E-state index contributed by atoms with van der Waals surface area (Å²) in [5, 5.41) is 9.90. The van der Waals surface area contributed by atoms with Gasteiger partial charge >= 0.3 is 0 Å². The van der Waals surface area contributed by atoms with Crippen LogP contribution in [0.15, 0.2) is 54.6 Å². The molecule has 4 heteroatoms. The zero-order valence-electron chi connectivity index (χ0n) is 12.6. The monoisotopic (exact) mass is 291 g/mol. The highest BCUT2D eigenvalue weighted by molar-refractivity contribution is 6.04. The van der Waals surface area contributed by atoms with Gasteiger partial charge in [0, 0.05) is 11.6 Å². The first-order valence-electron chi connectivity index (χ1n) is 7.12. The number of H-pyrrole nitrogens is 1. The van der Waals surface area contributed by atoms with Crippen molar-refractivity contribution in [3.63, 3.8) is 0 Å². The predicted octanol–water partition coefficient (Wildman–Crippen LogP) is 3.95. The van der Waals surface area contributed by atoms with Crippen LogP contribution in [-0.2, 0) is 0 Å². The molecule has 4 nitrogen and oxygen atoms in total. The highest BCUT2D eigenvalue weighted by atomic mass is 16.1. The van der Waals surface area contributed by atoms with E-state index in [2.05, 4.69) is 15.5 Å². The molecule has 3 aromatic rings. The topological polar surface area (TPSA) is 57.8 Å². The van der Waals surface area contributed by atoms with Crippen LogP contribution in [0.1, 0.15) is 21.5 Å². The quantitative estimate of drug-likeness (QED) is 0.767. The lowest BCUT2D eigenvalue weighted by molar-refractivity contribution is 0.102. The molecular formula is C18H17N3O. The number of carbonyl (C=O) groups excluding carboxylic acids is 1. The zero-order valence-corrected chi connectivity index (χ0v) is 12.6. The summed E-state index contributed by atoms with van der Waals surface area (Å²) < 4.78 is 0. The molecule has 0 bridgehead atoms. The van der Waals surface area contributed by atoms with Crippen LogP contribution in [0.3, 0.4) is 0 Å². The van der Waals surface area contributed by atoms with Crippen molar-refractivity contribution in [2.24, 2.45) is 0 Å². The number of rotatable bonds is 3. The van der Waals surface area contributed by atoms with Crippen LogP contribution in [0, 0.1) is 13.8 Å². The van der Waals surface area contributed by atoms with E-state index in [0.717, 1.165) is 16.8 Å². The van der Waals surface area contributed by atoms with Gasteiger partial charge in [-0.2, -0.15) is 5.10 Å². The van der Waals surface area contributed by atoms with Crippen molar-refractivity contribution in [1.29, 1.82) is 0 Å². The molecule has 0 radical (unpaired) electrons. The van der Waals surface area contributed by atoms with Crippen LogP contribution < -0.4 is 5.32 Å². The van der Waals surface area contributed by atoms with Crippen molar-refractivity contribution >= 4 is 11.7 Å². The average molecular weight is 291 g/mol. The minimum atomic E-state index is -0.161. The first-order valence-corrected chi connectivity index (χ1v) is 7.12. The molecule has 0 aliphatic carbocycles. The van der Waals surface area contributed by atoms with Gasteiger partial charge in [-0.05, 0) is 31.5 Å². The van der Waals surface area contributed by atoms with Gasteiger partial charge in [0.25, 0.3) is 5.91 Å². The lowest BCUT2D eigenvalue weighted by Gasteiger charge is -2.02. The van der Waals surface area contributed by atoms with Gasteiger partial charge < -0.3 is 5.32 Å². The number of benzene rings is 2. The molecular weight excluding hydrogens is 274 g/mol. The second-order valence-corrected chi connectivity index (χ2v) is 5.36. The summed E-state index contributed by atoms with van der Waals surface area (Å²) >= 11 is 0. The molecule has 0 atom stereocenters. The summed E-state index contributed by atoms with van der Waals surface area (Å²) in [4.78, 5) is 12.2. The van der Waals surface area contributed by atoms with Crippen LogP contribution >= 0.6 is 0 Å². The Labute approximate surface area is 129 Å². The molecule has 3 rings (SSSR count). The normalized spacial score (nSPS) is 10.5. The van der Waals surface area contributed by atoms with Crippen LogP contribution in [-0.4, -0.2) is 16.1 Å². The van der Waals surface area contributed by atoms with Crippen LogP contribution in [0.25, 0.3) is 11.3 Å². The van der Waals surface area contributed by atoms with Crippen LogP contribution in [0.5, 0.6) is 0 Å². The number of anilines is 1. The lowest BCUT2D eigenvalue weighted by atomic mass is 10.1. The Morgan fingerprint density at radius 2 is 1.77 bits per heavy atom. The summed E-state index contributed by atoms with van der Waals surface area (Å²) in [6.45, 7) is 4.01. The van der Waals surface area contributed by atoms with Gasteiger partial charge in [0.1, 0.15) is 0 Å². The lowest BCUT2D eigenvalue weighted by Crippen LogP contribution is -2.12. The summed E-state index contributed by atoms with van der Waals surface area (Å²) in [6, 6.07) is 17.4. The highest BCUT2D eigenvalue weighted by Crippen LogP contribution is 2.20. The van der Waals surface area contributed by atoms with Crippen molar-refractivity contribution < 1.29 is 4.79 Å². The molecule has 1 amide bonds. The zero-order chi connectivity index (χ0) is 15.5. The number of carbonyl (C=O) groups is 1. The Morgan fingerprint density at radius 1 is 1.00 bits per heavy atom. The van der Waals surface area contributed by atoms with Crippen LogP contribution in [0.4, 0.5) is 5.82 Å². The van der Waals surface area contributed by atoms with Crippen LogP contribution in [0.2, 0.25) is 0 Å². The number of nitrogens with zero attached hydrogens (tertiary/aromatic N) is 1. The fraction of sp³-hybridized carbons (Fsp3) is 0.111. The van der Waals surface area contributed by atoms with Crippen molar-refractivity contribution in [3.05, 3.63) is 71.3 Å². The van der Waals surface area contributed by atoms with Crippen molar-refractivity contribution in [3.8, 4) is 11.3 Å². The van der Waals surface area contributed by atoms with E-state index in [9.17, 15) is 4.79 Å². The van der Waals surface area contributed by atoms with E-state index in [1.807, 2.05) is 62.4 Å². The van der Waals surface area contributed by atoms with Gasteiger partial charge in [-0.3, -0.25) is 9.89 Å². The van der Waals surface area contributed by atoms with Gasteiger partial charge in [-0.15, -0.1) is 0 Å². The summed E-state index contributed by atoms with van der Waals surface area (Å²) in [7, 11) is 0. The number of hydrogen-bond donors (Lipinski definition) is 2. The molecule has 1 heterocycles. The Kier molecular flexibility index (Phi) is 3.74. The molecule has 2 aromatic carbocycles. The molecule has 0 aliphatic heterocycles. The van der Waals surface area contributed by atoms with Gasteiger partial charge in [0.2, 0.25) is 0 Å². The SMILES string of the molecule is Cc1ccc(-c2cc(NC(=O)c3cccc(C)c3)n[nH]2)cc1. The summed E-state index contributed by atoms with van der Waals surface area (Å²) in [6.07, 6.45) is 0. The van der Waals surface area contributed by atoms with Crippen molar-refractivity contribution in [2.75, 3.05) is 5.32 Å². The maximum absolute atomic E-state index is 12.2. The average Bonchev–Trinajstić information content (AvgIpc) is 2.96. The third kappa shape index (κ3) is 3.06. The second-order valence-electron chi connectivity index (χ2n) is 5.36. The molecule has 1 aromatic heterocycles. The van der Waals surface area contributed by atoms with Gasteiger partial charge in [-0.1, -0.05) is 47.5 Å². The number of amides is 1. The van der Waals surface area contributed by atoms with E-state index >= 15 is 0 Å². The molecule has 0 unspecified atom stereocenters. The molecule has 0 aliphatic rings. The first-order chi connectivity index (χ1) is 10.6. The van der Waals surface area contributed by atoms with E-state index < -0.39 is 0 Å². The molecule has 0 spiro atoms. The third-order valence-electron chi connectivity index (χ3n) is 3.46. The fourth-order valence-corrected chi connectivity index (χ4v) is 2.24. The fourth-order valence-electron chi connectivity index (χ4n) is 2.24. The molecule has 0 saturated heterocycles. The molecule has 110 valence electrons. The van der Waals surface area contributed by atoms with E-state index in [1.165, 1.54) is 5.56 Å². The Morgan fingerprint density at radius 3 is 2.50 bits per heavy atom. The number of aryl methyl sites for hydroxylation is 2. The summed E-state index contributed by atoms with van der Waals surface area (Å²) in [5.41, 5.74) is 4.79. The minimum Gasteiger partial charge on any atom is -0.305 e. The number of hydrogen-bond acceptors (Lipinski definition) is 2. The van der Waals surface area contributed by atoms with Gasteiger partial charge in [-0.25, -0.2) is 0 Å². The van der Waals surface area contributed by atoms with E-state index in [-0.39, 0.29) is 5.91 Å². The minimum absolute atomic E-state index is 0.161. The van der Waals surface area contributed by atoms with E-state index in [0.29, 0.717) is 11.4 Å². The first kappa shape index (κ1) is 14.1. The van der Waals surface area contributed by atoms with Crippen molar-refractivity contribution in [1.82, 2.24) is 10.2 Å². The predicted molar refractivity (Wildman–Crippen MR) is 87.9 cm³/mol.